The fourth-order valence-corrected chi connectivity index (χ4v) is 9.29. The van der Waals surface area contributed by atoms with Crippen molar-refractivity contribution < 1.29 is 53.6 Å². The van der Waals surface area contributed by atoms with Gasteiger partial charge in [0.15, 0.2) is 12.4 Å². The molecule has 3 amide bonds. The molecular formula is C35H51N3O11. The summed E-state index contributed by atoms with van der Waals surface area (Å²) in [6.45, 7) is 6.53. The number of hydrogen-bond donors (Lipinski definition) is 6. The number of primary amides is 1. The van der Waals surface area contributed by atoms with Gasteiger partial charge in [-0.3, -0.25) is 28.8 Å². The standard InChI is InChI=1S/C35H51N3O11/c1-18(2)30(31(45)37-23(32(46)47)7-8-26(36)42)38-27(43)9-10-28(44)49-17-25(41)35(48)14-12-22-21-6-5-19-15-20(39)11-13-33(19,3)29(21)24(40)16-34(22,35)4/h15,18,21-24,29-30,40,48H,5-14,16-17H2,1-4H3,(H2,36,42)(H,37,45)(H,38,43)(H,46,47)/t21-,22-,23-,24+,29+,30-,33-,34-,35-/m0/s1. The highest BCUT2D eigenvalue weighted by molar-refractivity contribution is 5.93. The summed E-state index contributed by atoms with van der Waals surface area (Å²) in [4.78, 5) is 86.2. The van der Waals surface area contributed by atoms with E-state index in [0.29, 0.717) is 19.3 Å². The van der Waals surface area contributed by atoms with Crippen LogP contribution in [-0.2, 0) is 38.3 Å². The Morgan fingerprint density at radius 2 is 1.71 bits per heavy atom. The molecular weight excluding hydrogens is 638 g/mol. The quantitative estimate of drug-likeness (QED) is 0.141. The van der Waals surface area contributed by atoms with Gasteiger partial charge in [0.2, 0.25) is 23.5 Å². The molecule has 3 saturated carbocycles. The predicted molar refractivity (Wildman–Crippen MR) is 173 cm³/mol. The Labute approximate surface area is 286 Å². The van der Waals surface area contributed by atoms with Crippen LogP contribution in [0.2, 0.25) is 0 Å². The van der Waals surface area contributed by atoms with E-state index in [1.807, 2.05) is 6.92 Å². The number of nitrogens with one attached hydrogen (secondary N) is 2. The normalized spacial score (nSPS) is 33.2. The Bertz CT molecular complexity index is 1410. The van der Waals surface area contributed by atoms with Crippen molar-refractivity contribution in [3.05, 3.63) is 11.6 Å². The molecule has 0 spiro atoms. The lowest BCUT2D eigenvalue weighted by Gasteiger charge is -2.60. The maximum absolute atomic E-state index is 13.5. The molecule has 0 aromatic heterocycles. The van der Waals surface area contributed by atoms with E-state index in [0.717, 1.165) is 18.4 Å². The van der Waals surface area contributed by atoms with Gasteiger partial charge in [-0.2, -0.15) is 0 Å². The molecule has 0 aromatic rings. The lowest BCUT2D eigenvalue weighted by atomic mass is 9.45. The van der Waals surface area contributed by atoms with Crippen LogP contribution in [-0.4, -0.2) is 86.9 Å². The van der Waals surface area contributed by atoms with E-state index in [1.165, 1.54) is 0 Å². The Morgan fingerprint density at radius 1 is 1.02 bits per heavy atom. The molecule has 0 bridgehead atoms. The molecule has 272 valence electrons. The second kappa shape index (κ2) is 14.7. The van der Waals surface area contributed by atoms with Crippen molar-refractivity contribution in [3.63, 3.8) is 0 Å². The van der Waals surface area contributed by atoms with Crippen LogP contribution in [0.5, 0.6) is 0 Å². The highest BCUT2D eigenvalue weighted by Crippen LogP contribution is 2.67. The lowest BCUT2D eigenvalue weighted by Crippen LogP contribution is -2.62. The van der Waals surface area contributed by atoms with Gasteiger partial charge >= 0.3 is 11.9 Å². The summed E-state index contributed by atoms with van der Waals surface area (Å²) >= 11 is 0. The average molecular weight is 690 g/mol. The van der Waals surface area contributed by atoms with Crippen LogP contribution in [0.4, 0.5) is 0 Å². The largest absolute Gasteiger partial charge is 0.480 e. The number of fused-ring (bicyclic) bond motifs is 5. The molecule has 0 unspecified atom stereocenters. The first-order chi connectivity index (χ1) is 22.8. The third-order valence-electron chi connectivity index (χ3n) is 12.0. The number of Topliss-reactive ketones (excluding diaryl/α,β-unsaturated/α-hetero) is 1. The second-order valence-electron chi connectivity index (χ2n) is 15.3. The zero-order valence-corrected chi connectivity index (χ0v) is 28.8. The number of carboxylic acid groups (broad SMARTS) is 1. The lowest BCUT2D eigenvalue weighted by molar-refractivity contribution is -0.184. The first kappa shape index (κ1) is 38.2. The summed E-state index contributed by atoms with van der Waals surface area (Å²) in [5.41, 5.74) is 3.10. The smallest absolute Gasteiger partial charge is 0.326 e. The van der Waals surface area contributed by atoms with Gasteiger partial charge in [0.05, 0.1) is 12.5 Å². The number of allylic oxidation sites excluding steroid dienone is 1. The van der Waals surface area contributed by atoms with Gasteiger partial charge in [-0.1, -0.05) is 33.3 Å². The highest BCUT2D eigenvalue weighted by atomic mass is 16.5. The summed E-state index contributed by atoms with van der Waals surface area (Å²) in [6, 6.07) is -2.53. The first-order valence-electron chi connectivity index (χ1n) is 17.3. The number of carbonyl (C=O) groups is 7. The van der Waals surface area contributed by atoms with Gasteiger partial charge in [-0.25, -0.2) is 4.79 Å². The molecule has 9 atom stereocenters. The van der Waals surface area contributed by atoms with E-state index in [4.69, 9.17) is 10.5 Å². The zero-order valence-electron chi connectivity index (χ0n) is 28.8. The molecule has 4 rings (SSSR count). The molecule has 3 fully saturated rings. The molecule has 4 aliphatic rings. The van der Waals surface area contributed by atoms with Gasteiger partial charge in [-0.15, -0.1) is 0 Å². The number of aliphatic hydroxyl groups excluding tert-OH is 1. The van der Waals surface area contributed by atoms with Gasteiger partial charge in [-0.05, 0) is 80.1 Å². The number of amides is 3. The van der Waals surface area contributed by atoms with E-state index in [2.05, 4.69) is 17.6 Å². The second-order valence-corrected chi connectivity index (χ2v) is 15.3. The summed E-state index contributed by atoms with van der Waals surface area (Å²) in [5, 5.41) is 37.6. The maximum Gasteiger partial charge on any atom is 0.326 e. The zero-order chi connectivity index (χ0) is 36.5. The fourth-order valence-electron chi connectivity index (χ4n) is 9.29. The maximum atomic E-state index is 13.5. The Balaban J connectivity index is 1.31. The number of rotatable bonds is 14. The minimum absolute atomic E-state index is 0.0368. The van der Waals surface area contributed by atoms with Gasteiger partial charge in [0.25, 0.3) is 0 Å². The Morgan fingerprint density at radius 3 is 2.35 bits per heavy atom. The van der Waals surface area contributed by atoms with Crippen LogP contribution in [0.1, 0.15) is 98.3 Å². The molecule has 0 saturated heterocycles. The van der Waals surface area contributed by atoms with E-state index in [-0.39, 0.29) is 61.1 Å². The van der Waals surface area contributed by atoms with Crippen LogP contribution in [0, 0.1) is 34.5 Å². The van der Waals surface area contributed by atoms with E-state index in [9.17, 15) is 48.9 Å². The molecule has 7 N–H and O–H groups in total. The number of ether oxygens (including phenoxy) is 1. The van der Waals surface area contributed by atoms with Crippen molar-refractivity contribution in [3.8, 4) is 0 Å². The number of esters is 1. The Kier molecular flexibility index (Phi) is 11.4. The minimum atomic E-state index is -1.82. The van der Waals surface area contributed by atoms with E-state index < -0.39 is 83.6 Å². The van der Waals surface area contributed by atoms with Gasteiger partial charge in [0.1, 0.15) is 17.7 Å². The molecule has 0 radical (unpaired) electrons. The molecule has 0 aromatic carbocycles. The number of ketones is 2. The van der Waals surface area contributed by atoms with Crippen molar-refractivity contribution >= 4 is 41.2 Å². The van der Waals surface area contributed by atoms with Gasteiger partial charge < -0.3 is 36.4 Å². The first-order valence-corrected chi connectivity index (χ1v) is 17.3. The summed E-state index contributed by atoms with van der Waals surface area (Å²) in [7, 11) is 0. The molecule has 0 aliphatic heterocycles. The molecule has 4 aliphatic carbocycles. The number of aliphatic carboxylic acids is 1. The van der Waals surface area contributed by atoms with Crippen LogP contribution in [0.3, 0.4) is 0 Å². The number of aliphatic hydroxyl groups is 2. The predicted octanol–water partition coefficient (Wildman–Crippen LogP) is 1.09. The highest BCUT2D eigenvalue weighted by Gasteiger charge is 2.68. The minimum Gasteiger partial charge on any atom is -0.480 e. The van der Waals surface area contributed by atoms with Crippen molar-refractivity contribution in [2.24, 2.45) is 40.2 Å². The number of nitrogens with two attached hydrogens (primary N) is 1. The SMILES string of the molecule is CC(C)[C@H](NC(=O)CCC(=O)OCC(=O)[C@@]1(O)CC[C@H]2[C@@H]3CCC4=CC(=O)CC[C@]4(C)[C@H]3[C@H](O)C[C@@]21C)C(=O)N[C@@H](CCC(N)=O)C(=O)O. The summed E-state index contributed by atoms with van der Waals surface area (Å²) < 4.78 is 5.20. The van der Waals surface area contributed by atoms with Crippen molar-refractivity contribution in [2.75, 3.05) is 6.61 Å². The van der Waals surface area contributed by atoms with Crippen molar-refractivity contribution in [1.29, 1.82) is 0 Å². The monoisotopic (exact) mass is 689 g/mol. The van der Waals surface area contributed by atoms with E-state index in [1.54, 1.807) is 19.9 Å². The molecule has 0 heterocycles. The van der Waals surface area contributed by atoms with E-state index >= 15 is 0 Å². The summed E-state index contributed by atoms with van der Waals surface area (Å²) in [6.07, 6.45) is 3.24. The Hall–Kier alpha value is -3.65. The summed E-state index contributed by atoms with van der Waals surface area (Å²) in [5.74, 6) is -5.46. The third-order valence-corrected chi connectivity index (χ3v) is 12.0. The van der Waals surface area contributed by atoms with Crippen LogP contribution in [0.25, 0.3) is 0 Å². The number of carbonyl (C=O) groups excluding carboxylic acids is 6. The van der Waals surface area contributed by atoms with Crippen molar-refractivity contribution in [2.45, 2.75) is 122 Å². The molecule has 14 heteroatoms. The number of hydrogen-bond acceptors (Lipinski definition) is 10. The third kappa shape index (κ3) is 7.59. The fraction of sp³-hybridized carbons (Fsp3) is 0.743. The van der Waals surface area contributed by atoms with Crippen LogP contribution < -0.4 is 16.4 Å². The van der Waals surface area contributed by atoms with Gasteiger partial charge in [0, 0.05) is 24.7 Å². The molecule has 14 nitrogen and oxygen atoms in total. The topological polar surface area (TPSA) is 239 Å². The molecule has 49 heavy (non-hydrogen) atoms. The van der Waals surface area contributed by atoms with Crippen molar-refractivity contribution in [1.82, 2.24) is 10.6 Å². The van der Waals surface area contributed by atoms with Crippen LogP contribution >= 0.6 is 0 Å². The average Bonchev–Trinajstić information content (AvgIpc) is 3.29. The van der Waals surface area contributed by atoms with Crippen LogP contribution in [0.15, 0.2) is 11.6 Å². The number of carboxylic acids is 1.